The smallest absolute Gasteiger partial charge is 0.0522 e. The molecule has 1 N–H and O–H groups in total. The van der Waals surface area contributed by atoms with Gasteiger partial charge in [-0.1, -0.05) is 23.8 Å². The minimum Gasteiger partial charge on any atom is -0.305 e. The van der Waals surface area contributed by atoms with Crippen LogP contribution in [0.2, 0.25) is 0 Å². The molecular formula is C16H23N3. The highest BCUT2D eigenvalue weighted by molar-refractivity contribution is 5.32. The first kappa shape index (κ1) is 13.8. The van der Waals surface area contributed by atoms with Crippen LogP contribution in [0.3, 0.4) is 0 Å². The molecule has 0 radical (unpaired) electrons. The van der Waals surface area contributed by atoms with Crippen LogP contribution >= 0.6 is 0 Å². The number of nitrogens with one attached hydrogen (secondary N) is 1. The SMILES string of the molecule is CCn1nccc1CNC(C)c1ccc(C)cc1C. The lowest BCUT2D eigenvalue weighted by Gasteiger charge is -2.17. The lowest BCUT2D eigenvalue weighted by Crippen LogP contribution is -2.21. The molecule has 1 atom stereocenters. The van der Waals surface area contributed by atoms with Crippen molar-refractivity contribution in [3.8, 4) is 0 Å². The summed E-state index contributed by atoms with van der Waals surface area (Å²) in [5, 5.41) is 7.87. The van der Waals surface area contributed by atoms with E-state index in [2.05, 4.69) is 62.4 Å². The van der Waals surface area contributed by atoms with E-state index in [1.165, 1.54) is 22.4 Å². The molecule has 0 aliphatic rings. The predicted octanol–water partition coefficient (Wildman–Crippen LogP) is 3.37. The van der Waals surface area contributed by atoms with E-state index in [1.54, 1.807) is 0 Å². The molecular weight excluding hydrogens is 234 g/mol. The van der Waals surface area contributed by atoms with Crippen molar-refractivity contribution in [1.29, 1.82) is 0 Å². The van der Waals surface area contributed by atoms with E-state index in [4.69, 9.17) is 0 Å². The second-order valence-electron chi connectivity index (χ2n) is 5.10. The number of benzene rings is 1. The van der Waals surface area contributed by atoms with Crippen molar-refractivity contribution in [2.75, 3.05) is 0 Å². The van der Waals surface area contributed by atoms with Crippen molar-refractivity contribution < 1.29 is 0 Å². The Kier molecular flexibility index (Phi) is 4.38. The van der Waals surface area contributed by atoms with Crippen LogP contribution in [0.4, 0.5) is 0 Å². The third-order valence-electron chi connectivity index (χ3n) is 3.59. The molecule has 1 heterocycles. The average Bonchev–Trinajstić information content (AvgIpc) is 2.83. The first-order valence-electron chi connectivity index (χ1n) is 6.93. The van der Waals surface area contributed by atoms with Gasteiger partial charge in [0.1, 0.15) is 0 Å². The van der Waals surface area contributed by atoms with Crippen LogP contribution in [0.1, 0.15) is 42.3 Å². The molecule has 0 aliphatic carbocycles. The monoisotopic (exact) mass is 257 g/mol. The third kappa shape index (κ3) is 3.24. The van der Waals surface area contributed by atoms with E-state index in [0.717, 1.165) is 13.1 Å². The van der Waals surface area contributed by atoms with Gasteiger partial charge >= 0.3 is 0 Å². The highest BCUT2D eigenvalue weighted by Crippen LogP contribution is 2.19. The van der Waals surface area contributed by atoms with Crippen molar-refractivity contribution in [2.45, 2.75) is 46.8 Å². The van der Waals surface area contributed by atoms with Gasteiger partial charge in [0, 0.05) is 25.3 Å². The van der Waals surface area contributed by atoms with E-state index in [-0.39, 0.29) is 0 Å². The van der Waals surface area contributed by atoms with Gasteiger partial charge in [-0.15, -0.1) is 0 Å². The minimum absolute atomic E-state index is 0.348. The van der Waals surface area contributed by atoms with Gasteiger partial charge in [-0.05, 0) is 44.9 Å². The number of rotatable bonds is 5. The highest BCUT2D eigenvalue weighted by Gasteiger charge is 2.09. The maximum atomic E-state index is 4.29. The predicted molar refractivity (Wildman–Crippen MR) is 79.1 cm³/mol. The Labute approximate surface area is 115 Å². The number of aromatic nitrogens is 2. The summed E-state index contributed by atoms with van der Waals surface area (Å²) < 4.78 is 2.03. The third-order valence-corrected chi connectivity index (χ3v) is 3.59. The van der Waals surface area contributed by atoms with E-state index in [1.807, 2.05) is 10.9 Å². The van der Waals surface area contributed by atoms with E-state index < -0.39 is 0 Å². The van der Waals surface area contributed by atoms with Crippen molar-refractivity contribution in [1.82, 2.24) is 15.1 Å². The van der Waals surface area contributed by atoms with Crippen LogP contribution in [-0.4, -0.2) is 9.78 Å². The van der Waals surface area contributed by atoms with Gasteiger partial charge in [0.2, 0.25) is 0 Å². The standard InChI is InChI=1S/C16H23N3/c1-5-19-15(8-9-18-19)11-17-14(4)16-7-6-12(2)10-13(16)3/h6-10,14,17H,5,11H2,1-4H3. The molecule has 1 unspecified atom stereocenters. The van der Waals surface area contributed by atoms with Crippen LogP contribution in [0, 0.1) is 13.8 Å². The first-order chi connectivity index (χ1) is 9.11. The summed E-state index contributed by atoms with van der Waals surface area (Å²) in [6.07, 6.45) is 1.86. The molecule has 0 saturated carbocycles. The average molecular weight is 257 g/mol. The zero-order chi connectivity index (χ0) is 13.8. The topological polar surface area (TPSA) is 29.9 Å². The Morgan fingerprint density at radius 3 is 2.74 bits per heavy atom. The van der Waals surface area contributed by atoms with E-state index in [0.29, 0.717) is 6.04 Å². The van der Waals surface area contributed by atoms with Crippen molar-refractivity contribution in [3.63, 3.8) is 0 Å². The fraction of sp³-hybridized carbons (Fsp3) is 0.438. The summed E-state index contributed by atoms with van der Waals surface area (Å²) in [4.78, 5) is 0. The first-order valence-corrected chi connectivity index (χ1v) is 6.93. The molecule has 0 fully saturated rings. The zero-order valence-electron chi connectivity index (χ0n) is 12.3. The molecule has 1 aromatic carbocycles. The molecule has 0 aliphatic heterocycles. The quantitative estimate of drug-likeness (QED) is 0.890. The molecule has 3 nitrogen and oxygen atoms in total. The van der Waals surface area contributed by atoms with Crippen molar-refractivity contribution in [2.24, 2.45) is 0 Å². The molecule has 1 aromatic heterocycles. The molecule has 0 bridgehead atoms. The number of aryl methyl sites for hydroxylation is 3. The van der Waals surface area contributed by atoms with Crippen LogP contribution in [-0.2, 0) is 13.1 Å². The largest absolute Gasteiger partial charge is 0.305 e. The Bertz CT molecular complexity index is 543. The Balaban J connectivity index is 2.03. The summed E-state index contributed by atoms with van der Waals surface area (Å²) in [6, 6.07) is 9.06. The molecule has 102 valence electrons. The highest BCUT2D eigenvalue weighted by atomic mass is 15.3. The molecule has 2 aromatic rings. The fourth-order valence-corrected chi connectivity index (χ4v) is 2.47. The van der Waals surface area contributed by atoms with Gasteiger partial charge in [-0.25, -0.2) is 0 Å². The van der Waals surface area contributed by atoms with Gasteiger partial charge in [0.25, 0.3) is 0 Å². The summed E-state index contributed by atoms with van der Waals surface area (Å²) in [5.41, 5.74) is 5.27. The molecule has 2 rings (SSSR count). The van der Waals surface area contributed by atoms with E-state index in [9.17, 15) is 0 Å². The fourth-order valence-electron chi connectivity index (χ4n) is 2.47. The van der Waals surface area contributed by atoms with Gasteiger partial charge in [0.15, 0.2) is 0 Å². The van der Waals surface area contributed by atoms with Crippen molar-refractivity contribution in [3.05, 3.63) is 52.8 Å². The van der Waals surface area contributed by atoms with Gasteiger partial charge < -0.3 is 5.32 Å². The molecule has 19 heavy (non-hydrogen) atoms. The molecule has 0 spiro atoms. The lowest BCUT2D eigenvalue weighted by atomic mass is 10.0. The van der Waals surface area contributed by atoms with E-state index >= 15 is 0 Å². The number of nitrogens with zero attached hydrogens (tertiary/aromatic N) is 2. The molecule has 0 amide bonds. The number of hydrogen-bond acceptors (Lipinski definition) is 2. The van der Waals surface area contributed by atoms with Gasteiger partial charge in [-0.3, -0.25) is 4.68 Å². The minimum atomic E-state index is 0.348. The second kappa shape index (κ2) is 6.02. The summed E-state index contributed by atoms with van der Waals surface area (Å²) in [5.74, 6) is 0. The summed E-state index contributed by atoms with van der Waals surface area (Å²) in [6.45, 7) is 10.4. The maximum Gasteiger partial charge on any atom is 0.0522 e. The Morgan fingerprint density at radius 2 is 2.05 bits per heavy atom. The zero-order valence-corrected chi connectivity index (χ0v) is 12.3. The lowest BCUT2D eigenvalue weighted by molar-refractivity contribution is 0.530. The van der Waals surface area contributed by atoms with Gasteiger partial charge in [0.05, 0.1) is 5.69 Å². The Hall–Kier alpha value is -1.61. The number of hydrogen-bond donors (Lipinski definition) is 1. The van der Waals surface area contributed by atoms with Crippen LogP contribution < -0.4 is 5.32 Å². The molecule has 0 saturated heterocycles. The molecule has 3 heteroatoms. The van der Waals surface area contributed by atoms with Crippen LogP contribution in [0.5, 0.6) is 0 Å². The Morgan fingerprint density at radius 1 is 1.26 bits per heavy atom. The summed E-state index contributed by atoms with van der Waals surface area (Å²) >= 11 is 0. The van der Waals surface area contributed by atoms with Gasteiger partial charge in [-0.2, -0.15) is 5.10 Å². The van der Waals surface area contributed by atoms with Crippen molar-refractivity contribution >= 4 is 0 Å². The normalized spacial score (nSPS) is 12.6. The van der Waals surface area contributed by atoms with Crippen LogP contribution in [0.15, 0.2) is 30.5 Å². The van der Waals surface area contributed by atoms with Crippen LogP contribution in [0.25, 0.3) is 0 Å². The summed E-state index contributed by atoms with van der Waals surface area (Å²) in [7, 11) is 0. The maximum absolute atomic E-state index is 4.29. The second-order valence-corrected chi connectivity index (χ2v) is 5.10.